The van der Waals surface area contributed by atoms with E-state index in [9.17, 15) is 9.59 Å². The first-order valence-corrected chi connectivity index (χ1v) is 10.2. The van der Waals surface area contributed by atoms with Crippen LogP contribution in [0.5, 0.6) is 0 Å². The molecule has 0 aliphatic carbocycles. The summed E-state index contributed by atoms with van der Waals surface area (Å²) in [5.74, 6) is -0.455. The minimum atomic E-state index is -1.08. The Hall–Kier alpha value is -2.67. The molecule has 2 aromatic carbocycles. The average molecular weight is 422 g/mol. The third-order valence-corrected chi connectivity index (χ3v) is 3.48. The van der Waals surface area contributed by atoms with E-state index < -0.39 is 11.6 Å². The van der Waals surface area contributed by atoms with Crippen LogP contribution < -0.4 is 0 Å². The van der Waals surface area contributed by atoms with E-state index in [1.165, 1.54) is 0 Å². The molecule has 0 unspecified atom stereocenters. The van der Waals surface area contributed by atoms with Gasteiger partial charge < -0.3 is 17.9 Å². The summed E-state index contributed by atoms with van der Waals surface area (Å²) in [5.41, 5.74) is 1.25. The van der Waals surface area contributed by atoms with Crippen molar-refractivity contribution in [2.24, 2.45) is 0 Å². The van der Waals surface area contributed by atoms with Crippen molar-refractivity contribution in [3.63, 3.8) is 0 Å². The Morgan fingerprint density at radius 1 is 0.690 bits per heavy atom. The summed E-state index contributed by atoms with van der Waals surface area (Å²) >= 11 is -1.08. The van der Waals surface area contributed by atoms with Crippen LogP contribution in [-0.4, -0.2) is 25.2 Å². The van der Waals surface area contributed by atoms with E-state index in [0.29, 0.717) is 24.3 Å². The van der Waals surface area contributed by atoms with Crippen molar-refractivity contribution in [1.29, 1.82) is 0 Å². The number of carbonyl (C=O) groups is 2. The molecule has 160 valence electrons. The Kier molecular flexibility index (Phi) is 17.0. The maximum atomic E-state index is 11.3. The van der Waals surface area contributed by atoms with Gasteiger partial charge in [0, 0.05) is 0 Å². The van der Waals surface area contributed by atoms with E-state index in [1.807, 2.05) is 36.4 Å². The van der Waals surface area contributed by atoms with Gasteiger partial charge in [0.15, 0.2) is 0 Å². The standard InChI is InChI=1S/2C11H14O2.HO2S/c2*1-2-3-9-13-11(12)10-7-5-4-6-8-10;1-3-2/h2*4-8H,2-3,9H2,1H3;3H/q;;-1. The summed E-state index contributed by atoms with van der Waals surface area (Å²) in [6.45, 7) is 5.17. The van der Waals surface area contributed by atoms with Crippen LogP contribution in [0.1, 0.15) is 60.2 Å². The molecule has 2 rings (SSSR count). The van der Waals surface area contributed by atoms with Gasteiger partial charge in [-0.2, -0.15) is 0 Å². The first-order chi connectivity index (χ1) is 14.1. The maximum Gasteiger partial charge on any atom is 0.338 e. The SMILES string of the molecule is CCCCOC(=O)c1ccccc1.CCCCOC(=O)c1ccccc1.O=[SH-]=O. The molecule has 0 aromatic heterocycles. The van der Waals surface area contributed by atoms with Crippen LogP contribution in [0.15, 0.2) is 60.7 Å². The molecular weight excluding hydrogens is 392 g/mol. The largest absolute Gasteiger partial charge is 0.462 e. The second kappa shape index (κ2) is 18.7. The number of ether oxygens (including phenoxy) is 2. The lowest BCUT2D eigenvalue weighted by atomic mass is 10.2. The molecule has 0 aliphatic rings. The monoisotopic (exact) mass is 421 g/mol. The van der Waals surface area contributed by atoms with Gasteiger partial charge in [0.2, 0.25) is 0 Å². The summed E-state index contributed by atoms with van der Waals surface area (Å²) in [6, 6.07) is 18.1. The van der Waals surface area contributed by atoms with Crippen LogP contribution in [-0.2, 0) is 29.5 Å². The molecule has 0 atom stereocenters. The number of carbonyl (C=O) groups excluding carboxylic acids is 2. The quantitative estimate of drug-likeness (QED) is 0.264. The van der Waals surface area contributed by atoms with E-state index >= 15 is 0 Å². The van der Waals surface area contributed by atoms with E-state index in [0.717, 1.165) is 25.7 Å². The lowest BCUT2D eigenvalue weighted by Crippen LogP contribution is -2.05. The number of esters is 2. The van der Waals surface area contributed by atoms with Crippen molar-refractivity contribution in [3.8, 4) is 0 Å². The summed E-state index contributed by atoms with van der Waals surface area (Å²) in [6.07, 6.45) is 3.95. The number of unbranched alkanes of at least 4 members (excludes halogenated alkanes) is 2. The van der Waals surface area contributed by atoms with Gasteiger partial charge in [-0.3, -0.25) is 0 Å². The molecule has 0 radical (unpaired) electrons. The van der Waals surface area contributed by atoms with Crippen molar-refractivity contribution in [2.75, 3.05) is 13.2 Å². The lowest BCUT2D eigenvalue weighted by molar-refractivity contribution is 0.0490. The highest BCUT2D eigenvalue weighted by molar-refractivity contribution is 7.51. The number of thiol groups is 1. The van der Waals surface area contributed by atoms with Crippen molar-refractivity contribution in [2.45, 2.75) is 39.5 Å². The van der Waals surface area contributed by atoms with E-state index in [1.54, 1.807) is 24.3 Å². The predicted molar refractivity (Wildman–Crippen MR) is 113 cm³/mol. The van der Waals surface area contributed by atoms with Gasteiger partial charge in [-0.15, -0.1) is 0 Å². The van der Waals surface area contributed by atoms with Crippen LogP contribution in [0.4, 0.5) is 0 Å². The van der Waals surface area contributed by atoms with Gasteiger partial charge >= 0.3 is 11.9 Å². The van der Waals surface area contributed by atoms with Crippen molar-refractivity contribution in [1.82, 2.24) is 0 Å². The third kappa shape index (κ3) is 14.0. The van der Waals surface area contributed by atoms with Gasteiger partial charge in [0.1, 0.15) is 0 Å². The zero-order chi connectivity index (χ0) is 21.7. The first-order valence-electron chi connectivity index (χ1n) is 9.49. The Balaban J connectivity index is 0.000000477. The van der Waals surface area contributed by atoms with E-state index in [-0.39, 0.29) is 11.9 Å². The fourth-order valence-corrected chi connectivity index (χ4v) is 1.93. The van der Waals surface area contributed by atoms with E-state index in [2.05, 4.69) is 13.8 Å². The highest BCUT2D eigenvalue weighted by Gasteiger charge is 2.04. The smallest absolute Gasteiger partial charge is 0.338 e. The van der Waals surface area contributed by atoms with Gasteiger partial charge in [-0.1, -0.05) is 74.7 Å². The van der Waals surface area contributed by atoms with Gasteiger partial charge in [-0.05, 0) is 37.1 Å². The Morgan fingerprint density at radius 3 is 1.28 bits per heavy atom. The van der Waals surface area contributed by atoms with Crippen LogP contribution in [0, 0.1) is 0 Å². The van der Waals surface area contributed by atoms with Crippen LogP contribution in [0.3, 0.4) is 0 Å². The minimum Gasteiger partial charge on any atom is -0.462 e. The van der Waals surface area contributed by atoms with E-state index in [4.69, 9.17) is 17.9 Å². The van der Waals surface area contributed by atoms with Crippen molar-refractivity contribution in [3.05, 3.63) is 71.8 Å². The van der Waals surface area contributed by atoms with Crippen LogP contribution >= 0.6 is 0 Å². The molecular formula is C22H29O6S-. The van der Waals surface area contributed by atoms with Gasteiger partial charge in [0.05, 0.1) is 24.3 Å². The number of benzene rings is 2. The molecule has 0 spiro atoms. The molecule has 0 N–H and O–H groups in total. The zero-order valence-electron chi connectivity index (χ0n) is 16.9. The summed E-state index contributed by atoms with van der Waals surface area (Å²) in [4.78, 5) is 22.6. The normalized spacial score (nSPS) is 9.17. The fourth-order valence-electron chi connectivity index (χ4n) is 1.93. The highest BCUT2D eigenvalue weighted by Crippen LogP contribution is 2.02. The fraction of sp³-hybridized carbons (Fsp3) is 0.364. The molecule has 0 aliphatic heterocycles. The molecule has 2 aromatic rings. The minimum absolute atomic E-state index is 0.228. The summed E-state index contributed by atoms with van der Waals surface area (Å²) in [7, 11) is 0. The highest BCUT2D eigenvalue weighted by atomic mass is 32.1. The molecule has 29 heavy (non-hydrogen) atoms. The molecule has 0 saturated carbocycles. The molecule has 0 saturated heterocycles. The third-order valence-electron chi connectivity index (χ3n) is 3.48. The molecule has 0 heterocycles. The maximum absolute atomic E-state index is 11.3. The molecule has 6 nitrogen and oxygen atoms in total. The number of hydrogen-bond donors (Lipinski definition) is 0. The predicted octanol–water partition coefficient (Wildman–Crippen LogP) is 4.78. The zero-order valence-corrected chi connectivity index (χ0v) is 17.8. The van der Waals surface area contributed by atoms with Crippen molar-refractivity contribution < 1.29 is 27.5 Å². The lowest BCUT2D eigenvalue weighted by Gasteiger charge is -2.02. The first kappa shape index (κ1) is 26.3. The molecule has 0 amide bonds. The van der Waals surface area contributed by atoms with Crippen molar-refractivity contribution >= 4 is 23.5 Å². The summed E-state index contributed by atoms with van der Waals surface area (Å²) < 4.78 is 26.8. The second-order valence-electron chi connectivity index (χ2n) is 5.79. The molecule has 0 fully saturated rings. The average Bonchev–Trinajstić information content (AvgIpc) is 2.76. The molecule has 7 heteroatoms. The Labute approximate surface area is 175 Å². The Morgan fingerprint density at radius 2 is 1.00 bits per heavy atom. The Bertz CT molecular complexity index is 655. The van der Waals surface area contributed by atoms with Crippen LogP contribution in [0.2, 0.25) is 0 Å². The summed E-state index contributed by atoms with van der Waals surface area (Å²) in [5, 5.41) is 0. The van der Waals surface area contributed by atoms with Crippen LogP contribution in [0.25, 0.3) is 0 Å². The number of rotatable bonds is 8. The van der Waals surface area contributed by atoms with Gasteiger partial charge in [0.25, 0.3) is 0 Å². The second-order valence-corrected chi connectivity index (χ2v) is 5.93. The number of hydrogen-bond acceptors (Lipinski definition) is 7. The molecule has 0 bridgehead atoms. The topological polar surface area (TPSA) is 86.7 Å². The van der Waals surface area contributed by atoms with Gasteiger partial charge in [-0.25, -0.2) is 9.59 Å².